The first-order valence-corrected chi connectivity index (χ1v) is 6.70. The molecule has 2 rings (SSSR count). The molecule has 108 valence electrons. The monoisotopic (exact) mass is 291 g/mol. The standard InChI is InChI=1S/C17H21NO.ClH/c1-14-3-5-16(6-4-14)13-19-17-9-7-15(8-10-17)11-12-18-2;/h3-10,18H,11-13H2,1-2H3;1H. The van der Waals surface area contributed by atoms with Gasteiger partial charge in [0.15, 0.2) is 0 Å². The van der Waals surface area contributed by atoms with Crippen molar-refractivity contribution >= 4 is 12.4 Å². The van der Waals surface area contributed by atoms with E-state index in [0.29, 0.717) is 6.61 Å². The number of rotatable bonds is 6. The molecule has 0 fully saturated rings. The minimum absolute atomic E-state index is 0. The summed E-state index contributed by atoms with van der Waals surface area (Å²) in [5.41, 5.74) is 3.81. The van der Waals surface area contributed by atoms with Crippen LogP contribution in [-0.4, -0.2) is 13.6 Å². The molecule has 0 bridgehead atoms. The van der Waals surface area contributed by atoms with Crippen molar-refractivity contribution in [2.45, 2.75) is 20.0 Å². The van der Waals surface area contributed by atoms with Gasteiger partial charge in [0, 0.05) is 0 Å². The van der Waals surface area contributed by atoms with Gasteiger partial charge in [0.1, 0.15) is 12.4 Å². The molecule has 0 heterocycles. The topological polar surface area (TPSA) is 21.3 Å². The lowest BCUT2D eigenvalue weighted by Crippen LogP contribution is -2.10. The molecule has 0 amide bonds. The first-order chi connectivity index (χ1) is 9.28. The number of hydrogen-bond acceptors (Lipinski definition) is 2. The molecule has 0 aliphatic carbocycles. The fourth-order valence-electron chi connectivity index (χ4n) is 1.87. The second-order valence-electron chi connectivity index (χ2n) is 4.77. The van der Waals surface area contributed by atoms with Gasteiger partial charge in [-0.2, -0.15) is 0 Å². The Kier molecular flexibility index (Phi) is 7.13. The van der Waals surface area contributed by atoms with Gasteiger partial charge in [-0.3, -0.25) is 0 Å². The second kappa shape index (κ2) is 8.62. The van der Waals surface area contributed by atoms with Crippen molar-refractivity contribution in [2.75, 3.05) is 13.6 Å². The molecule has 0 aromatic heterocycles. The largest absolute Gasteiger partial charge is 0.489 e. The summed E-state index contributed by atoms with van der Waals surface area (Å²) in [4.78, 5) is 0. The van der Waals surface area contributed by atoms with E-state index >= 15 is 0 Å². The average molecular weight is 292 g/mol. The molecule has 2 aromatic carbocycles. The molecule has 2 aromatic rings. The zero-order valence-corrected chi connectivity index (χ0v) is 12.9. The van der Waals surface area contributed by atoms with Crippen molar-refractivity contribution < 1.29 is 4.74 Å². The quantitative estimate of drug-likeness (QED) is 0.875. The van der Waals surface area contributed by atoms with Crippen LogP contribution in [0.25, 0.3) is 0 Å². The summed E-state index contributed by atoms with van der Waals surface area (Å²) in [6.45, 7) is 3.72. The number of halogens is 1. The van der Waals surface area contributed by atoms with E-state index in [0.717, 1.165) is 18.7 Å². The lowest BCUT2D eigenvalue weighted by molar-refractivity contribution is 0.306. The maximum atomic E-state index is 5.78. The number of benzene rings is 2. The molecule has 3 heteroatoms. The Labute approximate surface area is 127 Å². The van der Waals surface area contributed by atoms with Crippen molar-refractivity contribution in [1.29, 1.82) is 0 Å². The summed E-state index contributed by atoms with van der Waals surface area (Å²) in [6.07, 6.45) is 1.05. The maximum Gasteiger partial charge on any atom is 0.119 e. The fraction of sp³-hybridized carbons (Fsp3) is 0.294. The van der Waals surface area contributed by atoms with E-state index in [9.17, 15) is 0 Å². The van der Waals surface area contributed by atoms with Gasteiger partial charge < -0.3 is 10.1 Å². The highest BCUT2D eigenvalue weighted by Gasteiger charge is 1.97. The van der Waals surface area contributed by atoms with Crippen LogP contribution in [0.2, 0.25) is 0 Å². The molecule has 2 nitrogen and oxygen atoms in total. The summed E-state index contributed by atoms with van der Waals surface area (Å²) in [5.74, 6) is 0.925. The van der Waals surface area contributed by atoms with E-state index in [-0.39, 0.29) is 12.4 Å². The summed E-state index contributed by atoms with van der Waals surface area (Å²) in [7, 11) is 1.97. The number of nitrogens with one attached hydrogen (secondary N) is 1. The van der Waals surface area contributed by atoms with Crippen molar-refractivity contribution in [3.63, 3.8) is 0 Å². The molecule has 1 N–H and O–H groups in total. The third-order valence-corrected chi connectivity index (χ3v) is 3.11. The molecule has 20 heavy (non-hydrogen) atoms. The molecule has 0 aliphatic heterocycles. The molecule has 0 saturated carbocycles. The molecule has 0 atom stereocenters. The Morgan fingerprint density at radius 1 is 0.900 bits per heavy atom. The van der Waals surface area contributed by atoms with E-state index in [1.807, 2.05) is 19.2 Å². The van der Waals surface area contributed by atoms with E-state index in [4.69, 9.17) is 4.74 Å². The molecular weight excluding hydrogens is 270 g/mol. The summed E-state index contributed by atoms with van der Waals surface area (Å²) in [5, 5.41) is 3.15. The highest BCUT2D eigenvalue weighted by Crippen LogP contribution is 2.14. The van der Waals surface area contributed by atoms with E-state index in [1.54, 1.807) is 0 Å². The second-order valence-corrected chi connectivity index (χ2v) is 4.77. The van der Waals surface area contributed by atoms with Crippen molar-refractivity contribution in [1.82, 2.24) is 5.32 Å². The smallest absolute Gasteiger partial charge is 0.119 e. The Hall–Kier alpha value is -1.51. The van der Waals surface area contributed by atoms with Gasteiger partial charge in [-0.05, 0) is 50.2 Å². The highest BCUT2D eigenvalue weighted by molar-refractivity contribution is 5.85. The number of aryl methyl sites for hydroxylation is 1. The van der Waals surface area contributed by atoms with Gasteiger partial charge in [-0.15, -0.1) is 12.4 Å². The zero-order valence-electron chi connectivity index (χ0n) is 12.1. The molecular formula is C17H22ClNO. The summed E-state index contributed by atoms with van der Waals surface area (Å²) in [6, 6.07) is 16.8. The lowest BCUT2D eigenvalue weighted by Gasteiger charge is -2.07. The third kappa shape index (κ3) is 5.24. The first kappa shape index (κ1) is 16.5. The van der Waals surface area contributed by atoms with Gasteiger partial charge in [0.2, 0.25) is 0 Å². The van der Waals surface area contributed by atoms with E-state index < -0.39 is 0 Å². The Bertz CT molecular complexity index is 493. The molecule has 0 aliphatic rings. The normalized spacial score (nSPS) is 9.90. The van der Waals surface area contributed by atoms with Gasteiger partial charge in [-0.1, -0.05) is 42.0 Å². The lowest BCUT2D eigenvalue weighted by atomic mass is 10.1. The van der Waals surface area contributed by atoms with Crippen LogP contribution in [0.1, 0.15) is 16.7 Å². The predicted molar refractivity (Wildman–Crippen MR) is 86.8 cm³/mol. The van der Waals surface area contributed by atoms with Crippen LogP contribution in [0.15, 0.2) is 48.5 Å². The van der Waals surface area contributed by atoms with Crippen molar-refractivity contribution in [3.8, 4) is 5.75 Å². The van der Waals surface area contributed by atoms with Crippen LogP contribution < -0.4 is 10.1 Å². The van der Waals surface area contributed by atoms with Gasteiger partial charge in [0.25, 0.3) is 0 Å². The molecule has 0 spiro atoms. The molecule has 0 saturated heterocycles. The Morgan fingerprint density at radius 3 is 2.10 bits per heavy atom. The van der Waals surface area contributed by atoms with Crippen molar-refractivity contribution in [3.05, 3.63) is 65.2 Å². The van der Waals surface area contributed by atoms with Gasteiger partial charge >= 0.3 is 0 Å². The Morgan fingerprint density at radius 2 is 1.50 bits per heavy atom. The van der Waals surface area contributed by atoms with Crippen molar-refractivity contribution in [2.24, 2.45) is 0 Å². The first-order valence-electron chi connectivity index (χ1n) is 6.70. The van der Waals surface area contributed by atoms with E-state index in [1.165, 1.54) is 16.7 Å². The van der Waals surface area contributed by atoms with Crippen LogP contribution in [-0.2, 0) is 13.0 Å². The summed E-state index contributed by atoms with van der Waals surface area (Å²) < 4.78 is 5.78. The minimum Gasteiger partial charge on any atom is -0.489 e. The predicted octanol–water partition coefficient (Wildman–Crippen LogP) is 3.76. The number of ether oxygens (including phenoxy) is 1. The minimum atomic E-state index is 0. The van der Waals surface area contributed by atoms with Gasteiger partial charge in [0.05, 0.1) is 0 Å². The van der Waals surface area contributed by atoms with Crippen LogP contribution in [0, 0.1) is 6.92 Å². The zero-order chi connectivity index (χ0) is 13.5. The molecule has 0 unspecified atom stereocenters. The van der Waals surface area contributed by atoms with Crippen LogP contribution >= 0.6 is 12.4 Å². The average Bonchev–Trinajstić information content (AvgIpc) is 2.46. The fourth-order valence-corrected chi connectivity index (χ4v) is 1.87. The number of hydrogen-bond donors (Lipinski definition) is 1. The number of likely N-dealkylation sites (N-methyl/N-ethyl adjacent to an activating group) is 1. The van der Waals surface area contributed by atoms with Crippen LogP contribution in [0.4, 0.5) is 0 Å². The van der Waals surface area contributed by atoms with Crippen LogP contribution in [0.5, 0.6) is 5.75 Å². The van der Waals surface area contributed by atoms with Crippen LogP contribution in [0.3, 0.4) is 0 Å². The summed E-state index contributed by atoms with van der Waals surface area (Å²) >= 11 is 0. The van der Waals surface area contributed by atoms with E-state index in [2.05, 4.69) is 48.6 Å². The Balaban J connectivity index is 0.00000200. The maximum absolute atomic E-state index is 5.78. The SMILES string of the molecule is CNCCc1ccc(OCc2ccc(C)cc2)cc1.Cl. The third-order valence-electron chi connectivity index (χ3n) is 3.11. The van der Waals surface area contributed by atoms with Gasteiger partial charge in [-0.25, -0.2) is 0 Å². The highest BCUT2D eigenvalue weighted by atomic mass is 35.5. The molecule has 0 radical (unpaired) electrons.